The van der Waals surface area contributed by atoms with Crippen LogP contribution >= 0.6 is 0 Å². The molecule has 1 aromatic rings. The summed E-state index contributed by atoms with van der Waals surface area (Å²) in [6.07, 6.45) is 0.920. The van der Waals surface area contributed by atoms with E-state index in [0.717, 1.165) is 6.42 Å². The van der Waals surface area contributed by atoms with E-state index in [2.05, 4.69) is 17.6 Å². The van der Waals surface area contributed by atoms with Crippen molar-refractivity contribution in [3.63, 3.8) is 0 Å². The maximum Gasteiger partial charge on any atom is 0.254 e. The summed E-state index contributed by atoms with van der Waals surface area (Å²) in [5.74, 6) is 0.267. The number of rotatable bonds is 4. The van der Waals surface area contributed by atoms with Gasteiger partial charge < -0.3 is 15.5 Å². The zero-order chi connectivity index (χ0) is 18.1. The third-order valence-corrected chi connectivity index (χ3v) is 4.97. The van der Waals surface area contributed by atoms with Crippen molar-refractivity contribution < 1.29 is 14.4 Å². The van der Waals surface area contributed by atoms with Crippen LogP contribution in [0.1, 0.15) is 37.6 Å². The van der Waals surface area contributed by atoms with Crippen LogP contribution in [0.4, 0.5) is 5.69 Å². The van der Waals surface area contributed by atoms with E-state index in [1.807, 2.05) is 13.8 Å². The number of carbonyl (C=O) groups excluding carboxylic acids is 3. The molecule has 2 aliphatic rings. The summed E-state index contributed by atoms with van der Waals surface area (Å²) < 4.78 is 0. The normalized spacial score (nSPS) is 25.5. The van der Waals surface area contributed by atoms with E-state index >= 15 is 0 Å². The predicted octanol–water partition coefficient (Wildman–Crippen LogP) is 1.88. The maximum absolute atomic E-state index is 12.9. The predicted molar refractivity (Wildman–Crippen MR) is 95.0 cm³/mol. The maximum atomic E-state index is 12.9. The summed E-state index contributed by atoms with van der Waals surface area (Å²) in [7, 11) is 0. The topological polar surface area (TPSA) is 78.5 Å². The molecule has 3 atom stereocenters. The number of benzene rings is 1. The van der Waals surface area contributed by atoms with Crippen molar-refractivity contribution in [3.05, 3.63) is 29.8 Å². The first-order valence-electron chi connectivity index (χ1n) is 8.88. The molecule has 0 aromatic heterocycles. The summed E-state index contributed by atoms with van der Waals surface area (Å²) >= 11 is 0. The molecular formula is C19H25N3O3. The van der Waals surface area contributed by atoms with Gasteiger partial charge in [-0.1, -0.05) is 26.8 Å². The van der Waals surface area contributed by atoms with Gasteiger partial charge in [0.25, 0.3) is 5.91 Å². The van der Waals surface area contributed by atoms with Crippen LogP contribution in [0.3, 0.4) is 0 Å². The average molecular weight is 343 g/mol. The second-order valence-corrected chi connectivity index (χ2v) is 7.37. The summed E-state index contributed by atoms with van der Waals surface area (Å²) in [5.41, 5.74) is 1.11. The first-order chi connectivity index (χ1) is 11.9. The van der Waals surface area contributed by atoms with E-state index in [1.54, 1.807) is 29.2 Å². The summed E-state index contributed by atoms with van der Waals surface area (Å²) in [6.45, 7) is 6.87. The molecule has 0 bridgehead atoms. The van der Waals surface area contributed by atoms with E-state index in [9.17, 15) is 14.4 Å². The zero-order valence-electron chi connectivity index (χ0n) is 14.9. The van der Waals surface area contributed by atoms with Gasteiger partial charge in [-0.2, -0.15) is 0 Å². The lowest BCUT2D eigenvalue weighted by Crippen LogP contribution is -2.59. The van der Waals surface area contributed by atoms with Crippen LogP contribution in [0.15, 0.2) is 24.3 Å². The van der Waals surface area contributed by atoms with E-state index in [0.29, 0.717) is 30.3 Å². The molecule has 0 spiro atoms. The smallest absolute Gasteiger partial charge is 0.254 e. The fourth-order valence-corrected chi connectivity index (χ4v) is 3.39. The number of nitrogens with one attached hydrogen (secondary N) is 2. The molecule has 6 heteroatoms. The Bertz CT molecular complexity index is 701. The van der Waals surface area contributed by atoms with Crippen LogP contribution in [0, 0.1) is 17.8 Å². The summed E-state index contributed by atoms with van der Waals surface area (Å²) in [5, 5.41) is 5.71. The Morgan fingerprint density at radius 1 is 1.32 bits per heavy atom. The van der Waals surface area contributed by atoms with Crippen LogP contribution < -0.4 is 10.6 Å². The Morgan fingerprint density at radius 2 is 2.04 bits per heavy atom. The lowest BCUT2D eigenvalue weighted by molar-refractivity contribution is -0.129. The number of hydrogen-bond acceptors (Lipinski definition) is 3. The molecule has 2 N–H and O–H groups in total. The van der Waals surface area contributed by atoms with Crippen molar-refractivity contribution in [2.45, 2.75) is 33.2 Å². The zero-order valence-corrected chi connectivity index (χ0v) is 14.9. The third-order valence-electron chi connectivity index (χ3n) is 4.97. The van der Waals surface area contributed by atoms with Gasteiger partial charge in [0.2, 0.25) is 11.8 Å². The Balaban J connectivity index is 1.76. The Morgan fingerprint density at radius 3 is 2.68 bits per heavy atom. The second-order valence-electron chi connectivity index (χ2n) is 7.37. The molecule has 25 heavy (non-hydrogen) atoms. The Hall–Kier alpha value is -2.37. The molecule has 0 unspecified atom stereocenters. The van der Waals surface area contributed by atoms with Crippen molar-refractivity contribution in [2.75, 3.05) is 18.4 Å². The van der Waals surface area contributed by atoms with Gasteiger partial charge in [0.05, 0.1) is 0 Å². The summed E-state index contributed by atoms with van der Waals surface area (Å²) in [4.78, 5) is 38.8. The molecule has 1 saturated carbocycles. The van der Waals surface area contributed by atoms with Crippen LogP contribution in [0.2, 0.25) is 0 Å². The van der Waals surface area contributed by atoms with Gasteiger partial charge in [0.1, 0.15) is 6.04 Å². The highest BCUT2D eigenvalue weighted by atomic mass is 16.2. The monoisotopic (exact) mass is 343 g/mol. The first-order valence-corrected chi connectivity index (χ1v) is 8.88. The molecule has 3 rings (SSSR count). The molecule has 0 radical (unpaired) electrons. The molecule has 134 valence electrons. The van der Waals surface area contributed by atoms with Gasteiger partial charge in [-0.05, 0) is 36.5 Å². The molecule has 1 aliphatic heterocycles. The SMILES string of the molecule is CC(C)[C@H]1C(=O)NCCN1C(=O)c1cccc(NC(=O)[C@H]2C[C@H]2C)c1. The first kappa shape index (κ1) is 17.5. The highest BCUT2D eigenvalue weighted by Crippen LogP contribution is 2.38. The highest BCUT2D eigenvalue weighted by molar-refractivity contribution is 6.00. The Kier molecular flexibility index (Phi) is 4.79. The summed E-state index contributed by atoms with van der Waals surface area (Å²) in [6, 6.07) is 6.49. The quantitative estimate of drug-likeness (QED) is 0.876. The van der Waals surface area contributed by atoms with Crippen molar-refractivity contribution in [2.24, 2.45) is 17.8 Å². The van der Waals surface area contributed by atoms with Gasteiger partial charge >= 0.3 is 0 Å². The van der Waals surface area contributed by atoms with Crippen molar-refractivity contribution >= 4 is 23.4 Å². The lowest BCUT2D eigenvalue weighted by Gasteiger charge is -2.37. The minimum Gasteiger partial charge on any atom is -0.353 e. The van der Waals surface area contributed by atoms with E-state index in [1.165, 1.54) is 0 Å². The van der Waals surface area contributed by atoms with Crippen LogP contribution in [-0.2, 0) is 9.59 Å². The third kappa shape index (κ3) is 3.67. The van der Waals surface area contributed by atoms with E-state index in [4.69, 9.17) is 0 Å². The van der Waals surface area contributed by atoms with Gasteiger partial charge in [0, 0.05) is 30.3 Å². The molecule has 1 heterocycles. The highest BCUT2D eigenvalue weighted by Gasteiger charge is 2.39. The fourth-order valence-electron chi connectivity index (χ4n) is 3.39. The fraction of sp³-hybridized carbons (Fsp3) is 0.526. The van der Waals surface area contributed by atoms with Gasteiger partial charge in [-0.3, -0.25) is 14.4 Å². The lowest BCUT2D eigenvalue weighted by atomic mass is 9.98. The van der Waals surface area contributed by atoms with Crippen LogP contribution in [-0.4, -0.2) is 41.8 Å². The minimum atomic E-state index is -0.466. The number of anilines is 1. The molecule has 1 saturated heterocycles. The number of hydrogen-bond donors (Lipinski definition) is 2. The van der Waals surface area contributed by atoms with Crippen LogP contribution in [0.5, 0.6) is 0 Å². The molecule has 1 aliphatic carbocycles. The van der Waals surface area contributed by atoms with E-state index in [-0.39, 0.29) is 29.6 Å². The molecule has 6 nitrogen and oxygen atoms in total. The van der Waals surface area contributed by atoms with E-state index < -0.39 is 6.04 Å². The number of piperazine rings is 1. The van der Waals surface area contributed by atoms with Crippen LogP contribution in [0.25, 0.3) is 0 Å². The molecule has 1 aromatic carbocycles. The van der Waals surface area contributed by atoms with Gasteiger partial charge in [-0.25, -0.2) is 0 Å². The van der Waals surface area contributed by atoms with Crippen molar-refractivity contribution in [1.29, 1.82) is 0 Å². The average Bonchev–Trinajstić information content (AvgIpc) is 3.31. The standard InChI is InChI=1S/C19H25N3O3/c1-11(2)16-18(24)20-7-8-22(16)19(25)13-5-4-6-14(10-13)21-17(23)15-9-12(15)3/h4-6,10-12,15-16H,7-9H2,1-3H3,(H,20,24)(H,21,23)/t12-,15+,16+/m1/s1. The Labute approximate surface area is 148 Å². The minimum absolute atomic E-state index is 0.00880. The van der Waals surface area contributed by atoms with Crippen molar-refractivity contribution in [1.82, 2.24) is 10.2 Å². The van der Waals surface area contributed by atoms with Gasteiger partial charge in [0.15, 0.2) is 0 Å². The molecule has 2 fully saturated rings. The number of amides is 3. The molecule has 3 amide bonds. The number of nitrogens with zero attached hydrogens (tertiary/aromatic N) is 1. The largest absolute Gasteiger partial charge is 0.353 e. The van der Waals surface area contributed by atoms with Gasteiger partial charge in [-0.15, -0.1) is 0 Å². The number of carbonyl (C=O) groups is 3. The second kappa shape index (κ2) is 6.86. The van der Waals surface area contributed by atoms with Crippen molar-refractivity contribution in [3.8, 4) is 0 Å². The molecular weight excluding hydrogens is 318 g/mol.